The van der Waals surface area contributed by atoms with Crippen LogP contribution in [0.5, 0.6) is 0 Å². The minimum Gasteiger partial charge on any atom is -0.240 e. The van der Waals surface area contributed by atoms with Crippen molar-refractivity contribution in [1.29, 1.82) is 0 Å². The van der Waals surface area contributed by atoms with E-state index in [0.29, 0.717) is 0 Å². The average molecular weight is 206 g/mol. The van der Waals surface area contributed by atoms with Crippen LogP contribution in [0.15, 0.2) is 0 Å². The van der Waals surface area contributed by atoms with Gasteiger partial charge >= 0.3 is 6.18 Å². The van der Waals surface area contributed by atoms with Gasteiger partial charge in [-0.3, -0.25) is 0 Å². The fraction of sp³-hybridized carbons (Fsp3) is 1.00. The second-order valence-corrected chi connectivity index (χ2v) is 3.51. The van der Waals surface area contributed by atoms with Crippen LogP contribution in [0.4, 0.5) is 26.3 Å². The van der Waals surface area contributed by atoms with Crippen LogP contribution in [0.25, 0.3) is 0 Å². The molecule has 1 aliphatic rings. The fourth-order valence-electron chi connectivity index (χ4n) is 1.72. The molecule has 1 saturated carbocycles. The summed E-state index contributed by atoms with van der Waals surface area (Å²) in [7, 11) is 0. The first-order valence-electron chi connectivity index (χ1n) is 3.68. The van der Waals surface area contributed by atoms with E-state index < -0.39 is 29.6 Å². The summed E-state index contributed by atoms with van der Waals surface area (Å²) >= 11 is 0. The van der Waals surface area contributed by atoms with Gasteiger partial charge in [-0.15, -0.1) is 0 Å². The van der Waals surface area contributed by atoms with E-state index in [1.165, 1.54) is 0 Å². The van der Waals surface area contributed by atoms with Gasteiger partial charge in [-0.05, 0) is 5.92 Å². The summed E-state index contributed by atoms with van der Waals surface area (Å²) in [6.07, 6.45) is -8.29. The van der Waals surface area contributed by atoms with Gasteiger partial charge in [0.05, 0.1) is 0 Å². The van der Waals surface area contributed by atoms with Crippen LogP contribution in [-0.4, -0.2) is 18.3 Å². The monoisotopic (exact) mass is 206 g/mol. The molecule has 1 aliphatic carbocycles. The molecule has 0 aliphatic heterocycles. The Morgan fingerprint density at radius 2 is 1.46 bits per heavy atom. The van der Waals surface area contributed by atoms with Crippen LogP contribution in [0, 0.1) is 11.3 Å². The summed E-state index contributed by atoms with van der Waals surface area (Å²) in [6, 6.07) is 0. The molecule has 0 amide bonds. The van der Waals surface area contributed by atoms with Gasteiger partial charge in [-0.25, -0.2) is 13.2 Å². The fourth-order valence-corrected chi connectivity index (χ4v) is 1.72. The van der Waals surface area contributed by atoms with Crippen LogP contribution < -0.4 is 0 Å². The van der Waals surface area contributed by atoms with Crippen molar-refractivity contribution in [3.05, 3.63) is 0 Å². The van der Waals surface area contributed by atoms with Crippen LogP contribution in [0.2, 0.25) is 0 Å². The quantitative estimate of drug-likeness (QED) is 0.578. The van der Waals surface area contributed by atoms with Gasteiger partial charge in [0.25, 0.3) is 5.92 Å². The molecular weight excluding hydrogens is 198 g/mol. The van der Waals surface area contributed by atoms with Crippen molar-refractivity contribution in [3.63, 3.8) is 0 Å². The van der Waals surface area contributed by atoms with E-state index in [-0.39, 0.29) is 0 Å². The molecule has 0 saturated heterocycles. The molecular formula is C7H8F6. The van der Waals surface area contributed by atoms with E-state index in [0.717, 1.165) is 13.8 Å². The molecule has 0 N–H and O–H groups in total. The van der Waals surface area contributed by atoms with Gasteiger partial charge in [-0.2, -0.15) is 13.2 Å². The first-order valence-corrected chi connectivity index (χ1v) is 3.68. The Hall–Kier alpha value is -0.420. The first kappa shape index (κ1) is 10.7. The Labute approximate surface area is 70.9 Å². The lowest BCUT2D eigenvalue weighted by atomic mass is 9.91. The molecule has 1 fully saturated rings. The smallest absolute Gasteiger partial charge is 0.240 e. The number of halogens is 6. The summed E-state index contributed by atoms with van der Waals surface area (Å²) in [4.78, 5) is 0. The summed E-state index contributed by atoms with van der Waals surface area (Å²) in [5.41, 5.74) is -3.46. The van der Waals surface area contributed by atoms with Crippen molar-refractivity contribution in [3.8, 4) is 0 Å². The predicted octanol–water partition coefficient (Wildman–Crippen LogP) is 3.18. The Balaban J connectivity index is 3.10. The normalized spacial score (nSPS) is 38.1. The highest BCUT2D eigenvalue weighted by molar-refractivity contribution is 5.24. The number of hydrogen-bond acceptors (Lipinski definition) is 0. The van der Waals surface area contributed by atoms with Gasteiger partial charge in [0.2, 0.25) is 0 Å². The summed E-state index contributed by atoms with van der Waals surface area (Å²) in [6.45, 7) is 1.89. The molecule has 13 heavy (non-hydrogen) atoms. The van der Waals surface area contributed by atoms with Gasteiger partial charge in [0, 0.05) is 0 Å². The number of rotatable bonds is 1. The molecule has 0 heterocycles. The maximum atomic E-state index is 12.5. The van der Waals surface area contributed by atoms with Crippen LogP contribution in [0.3, 0.4) is 0 Å². The van der Waals surface area contributed by atoms with Crippen LogP contribution >= 0.6 is 0 Å². The van der Waals surface area contributed by atoms with E-state index in [1.807, 2.05) is 0 Å². The SMILES string of the molecule is CC(C)C1(C(F)(F)F)C(F)C1(F)F. The van der Waals surface area contributed by atoms with E-state index in [1.54, 1.807) is 0 Å². The highest BCUT2D eigenvalue weighted by Gasteiger charge is 2.93. The second-order valence-electron chi connectivity index (χ2n) is 3.51. The molecule has 6 heteroatoms. The van der Waals surface area contributed by atoms with Crippen LogP contribution in [-0.2, 0) is 0 Å². The zero-order valence-corrected chi connectivity index (χ0v) is 6.92. The van der Waals surface area contributed by atoms with E-state index in [4.69, 9.17) is 0 Å². The topological polar surface area (TPSA) is 0 Å². The van der Waals surface area contributed by atoms with Crippen molar-refractivity contribution < 1.29 is 26.3 Å². The summed E-state index contributed by atoms with van der Waals surface area (Å²) < 4.78 is 74.0. The van der Waals surface area contributed by atoms with E-state index in [2.05, 4.69) is 0 Å². The van der Waals surface area contributed by atoms with Gasteiger partial charge < -0.3 is 0 Å². The zero-order valence-electron chi connectivity index (χ0n) is 6.92. The molecule has 0 aromatic heterocycles. The maximum absolute atomic E-state index is 12.5. The lowest BCUT2D eigenvalue weighted by Crippen LogP contribution is -2.36. The number of hydrogen-bond donors (Lipinski definition) is 0. The summed E-state index contributed by atoms with van der Waals surface area (Å²) in [5.74, 6) is -5.73. The summed E-state index contributed by atoms with van der Waals surface area (Å²) in [5, 5.41) is 0. The lowest BCUT2D eigenvalue weighted by molar-refractivity contribution is -0.227. The maximum Gasteiger partial charge on any atom is 0.403 e. The Bertz CT molecular complexity index is 205. The van der Waals surface area contributed by atoms with E-state index in [9.17, 15) is 26.3 Å². The standard InChI is InChI=1S/C7H8F6/c1-3(2)5(7(11,12)13)4(8)6(5,9)10/h3-4H,1-2H3. The highest BCUT2D eigenvalue weighted by Crippen LogP contribution is 2.73. The minimum atomic E-state index is -5.19. The van der Waals surface area contributed by atoms with E-state index >= 15 is 0 Å². The Kier molecular flexibility index (Phi) is 1.91. The van der Waals surface area contributed by atoms with Crippen molar-refractivity contribution in [2.75, 3.05) is 0 Å². The third-order valence-corrected chi connectivity index (χ3v) is 2.57. The minimum absolute atomic E-state index is 0.945. The van der Waals surface area contributed by atoms with Crippen molar-refractivity contribution in [1.82, 2.24) is 0 Å². The predicted molar refractivity (Wildman–Crippen MR) is 33.2 cm³/mol. The van der Waals surface area contributed by atoms with Gasteiger partial charge in [0.15, 0.2) is 11.6 Å². The molecule has 0 nitrogen and oxygen atoms in total. The third-order valence-electron chi connectivity index (χ3n) is 2.57. The molecule has 0 radical (unpaired) electrons. The van der Waals surface area contributed by atoms with Crippen molar-refractivity contribution in [2.45, 2.75) is 32.1 Å². The lowest BCUT2D eigenvalue weighted by Gasteiger charge is -2.22. The Morgan fingerprint density at radius 3 is 1.46 bits per heavy atom. The molecule has 0 bridgehead atoms. The molecule has 1 rings (SSSR count). The largest absolute Gasteiger partial charge is 0.403 e. The molecule has 78 valence electrons. The van der Waals surface area contributed by atoms with Crippen LogP contribution in [0.1, 0.15) is 13.8 Å². The van der Waals surface area contributed by atoms with Crippen molar-refractivity contribution >= 4 is 0 Å². The molecule has 0 aromatic rings. The number of alkyl halides is 6. The second kappa shape index (κ2) is 2.33. The van der Waals surface area contributed by atoms with Crippen molar-refractivity contribution in [2.24, 2.45) is 11.3 Å². The first-order chi connectivity index (χ1) is 5.60. The highest BCUT2D eigenvalue weighted by atomic mass is 19.4. The van der Waals surface area contributed by atoms with Gasteiger partial charge in [-0.1, -0.05) is 13.8 Å². The Morgan fingerprint density at radius 1 is 1.15 bits per heavy atom. The van der Waals surface area contributed by atoms with Gasteiger partial charge in [0.1, 0.15) is 0 Å². The molecule has 2 unspecified atom stereocenters. The zero-order chi connectivity index (χ0) is 10.7. The third kappa shape index (κ3) is 0.942. The molecule has 0 spiro atoms. The molecule has 0 aromatic carbocycles. The molecule has 2 atom stereocenters. The average Bonchev–Trinajstić information content (AvgIpc) is 2.26.